The number of carboxylic acids is 1. The summed E-state index contributed by atoms with van der Waals surface area (Å²) in [6.45, 7) is 7.04. The van der Waals surface area contributed by atoms with Crippen LogP contribution in [0, 0.1) is 0 Å². The third-order valence-electron chi connectivity index (χ3n) is 4.97. The molecule has 2 N–H and O–H groups in total. The van der Waals surface area contributed by atoms with E-state index in [2.05, 4.69) is 26.1 Å². The first kappa shape index (κ1) is 19.2. The number of benzene rings is 1. The van der Waals surface area contributed by atoms with Crippen molar-refractivity contribution in [2.24, 2.45) is 0 Å². The molecule has 6 heteroatoms. The maximum absolute atomic E-state index is 12.5. The van der Waals surface area contributed by atoms with Crippen LogP contribution in [0.3, 0.4) is 0 Å². The molecule has 0 saturated carbocycles. The summed E-state index contributed by atoms with van der Waals surface area (Å²) in [7, 11) is 0. The first-order chi connectivity index (χ1) is 12.7. The van der Waals surface area contributed by atoms with Crippen molar-refractivity contribution in [2.75, 3.05) is 13.2 Å². The fraction of sp³-hybridized carbons (Fsp3) is 0.429. The molecule has 1 fully saturated rings. The van der Waals surface area contributed by atoms with Gasteiger partial charge >= 0.3 is 5.97 Å². The number of nitrogens with one attached hydrogen (secondary N) is 1. The third-order valence-corrected chi connectivity index (χ3v) is 4.97. The van der Waals surface area contributed by atoms with Gasteiger partial charge in [-0.05, 0) is 23.1 Å². The molecule has 0 radical (unpaired) electrons. The minimum atomic E-state index is -1.31. The van der Waals surface area contributed by atoms with Crippen molar-refractivity contribution in [3.05, 3.63) is 47.7 Å². The van der Waals surface area contributed by atoms with E-state index in [9.17, 15) is 14.7 Å². The Balaban J connectivity index is 1.77. The Morgan fingerprint density at radius 1 is 1.04 bits per heavy atom. The van der Waals surface area contributed by atoms with Gasteiger partial charge in [-0.1, -0.05) is 45.0 Å². The van der Waals surface area contributed by atoms with Gasteiger partial charge in [-0.2, -0.15) is 0 Å². The Morgan fingerprint density at radius 2 is 1.67 bits per heavy atom. The number of carboxylic acid groups (broad SMARTS) is 1. The third kappa shape index (κ3) is 4.06. The molecule has 0 spiro atoms. The van der Waals surface area contributed by atoms with E-state index in [1.165, 1.54) is 5.56 Å². The van der Waals surface area contributed by atoms with Gasteiger partial charge in [0.1, 0.15) is 11.3 Å². The minimum Gasteiger partial charge on any atom is -0.480 e. The highest BCUT2D eigenvalue weighted by Gasteiger charge is 2.42. The van der Waals surface area contributed by atoms with Gasteiger partial charge in [0.25, 0.3) is 5.91 Å². The number of carbonyl (C=O) groups is 2. The number of aliphatic carboxylic acids is 1. The van der Waals surface area contributed by atoms with Gasteiger partial charge in [0.05, 0.1) is 0 Å². The van der Waals surface area contributed by atoms with Crippen molar-refractivity contribution in [3.63, 3.8) is 0 Å². The Hall–Kier alpha value is -2.60. The van der Waals surface area contributed by atoms with E-state index in [1.54, 1.807) is 12.1 Å². The fourth-order valence-corrected chi connectivity index (χ4v) is 3.14. The van der Waals surface area contributed by atoms with Crippen LogP contribution >= 0.6 is 0 Å². The lowest BCUT2D eigenvalue weighted by atomic mass is 9.86. The van der Waals surface area contributed by atoms with Gasteiger partial charge in [0.15, 0.2) is 5.76 Å². The molecule has 1 aromatic carbocycles. The predicted octanol–water partition coefficient (Wildman–Crippen LogP) is 3.61. The second-order valence-corrected chi connectivity index (χ2v) is 7.95. The van der Waals surface area contributed by atoms with Crippen LogP contribution < -0.4 is 5.32 Å². The number of hydrogen-bond acceptors (Lipinski definition) is 4. The largest absolute Gasteiger partial charge is 0.480 e. The molecule has 27 heavy (non-hydrogen) atoms. The highest BCUT2D eigenvalue weighted by molar-refractivity contribution is 5.96. The van der Waals surface area contributed by atoms with E-state index < -0.39 is 17.4 Å². The smallest absolute Gasteiger partial charge is 0.329 e. The monoisotopic (exact) mass is 371 g/mol. The van der Waals surface area contributed by atoms with Crippen molar-refractivity contribution >= 4 is 11.9 Å². The molecule has 1 saturated heterocycles. The Labute approximate surface area is 158 Å². The van der Waals surface area contributed by atoms with E-state index in [1.807, 2.05) is 24.3 Å². The Bertz CT molecular complexity index is 823. The van der Waals surface area contributed by atoms with Crippen LogP contribution in [0.15, 0.2) is 40.8 Å². The van der Waals surface area contributed by atoms with E-state index in [4.69, 9.17) is 9.15 Å². The van der Waals surface area contributed by atoms with E-state index >= 15 is 0 Å². The van der Waals surface area contributed by atoms with E-state index in [0.717, 1.165) is 5.56 Å². The first-order valence-electron chi connectivity index (χ1n) is 9.06. The summed E-state index contributed by atoms with van der Waals surface area (Å²) < 4.78 is 10.9. The van der Waals surface area contributed by atoms with Crippen LogP contribution in [0.2, 0.25) is 0 Å². The van der Waals surface area contributed by atoms with Gasteiger partial charge < -0.3 is 19.6 Å². The van der Waals surface area contributed by atoms with Crippen LogP contribution in [0.1, 0.15) is 49.7 Å². The molecule has 144 valence electrons. The first-order valence-corrected chi connectivity index (χ1v) is 9.06. The minimum absolute atomic E-state index is 0.0571. The molecule has 0 atom stereocenters. The zero-order valence-corrected chi connectivity index (χ0v) is 15.9. The normalized spacial score (nSPS) is 16.7. The van der Waals surface area contributed by atoms with Crippen molar-refractivity contribution in [1.82, 2.24) is 5.32 Å². The maximum Gasteiger partial charge on any atom is 0.329 e. The number of amides is 1. The van der Waals surface area contributed by atoms with Gasteiger partial charge in [-0.3, -0.25) is 4.79 Å². The molecule has 0 bridgehead atoms. The van der Waals surface area contributed by atoms with Crippen LogP contribution in [0.5, 0.6) is 0 Å². The molecule has 2 aromatic rings. The van der Waals surface area contributed by atoms with E-state index in [0.29, 0.717) is 19.0 Å². The van der Waals surface area contributed by atoms with Crippen LogP contribution in [-0.2, 0) is 14.9 Å². The van der Waals surface area contributed by atoms with Gasteiger partial charge in [-0.15, -0.1) is 0 Å². The summed E-state index contributed by atoms with van der Waals surface area (Å²) in [5.74, 6) is -0.922. The molecule has 0 unspecified atom stereocenters. The summed E-state index contributed by atoms with van der Waals surface area (Å²) in [6, 6.07) is 11.3. The average Bonchev–Trinajstić information content (AvgIpc) is 3.12. The summed E-state index contributed by atoms with van der Waals surface area (Å²) in [5, 5.41) is 12.2. The van der Waals surface area contributed by atoms with Crippen molar-refractivity contribution < 1.29 is 23.8 Å². The zero-order chi connectivity index (χ0) is 19.7. The van der Waals surface area contributed by atoms with Crippen molar-refractivity contribution in [3.8, 4) is 11.3 Å². The second-order valence-electron chi connectivity index (χ2n) is 7.95. The summed E-state index contributed by atoms with van der Waals surface area (Å²) in [6.07, 6.45) is 0.464. The molecule has 1 aliphatic rings. The van der Waals surface area contributed by atoms with Crippen LogP contribution in [0.25, 0.3) is 11.3 Å². The zero-order valence-electron chi connectivity index (χ0n) is 15.9. The molecular weight excluding hydrogens is 346 g/mol. The van der Waals surface area contributed by atoms with Crippen molar-refractivity contribution in [1.29, 1.82) is 0 Å². The predicted molar refractivity (Wildman–Crippen MR) is 101 cm³/mol. The molecule has 1 aliphatic heterocycles. The molecule has 1 aromatic heterocycles. The van der Waals surface area contributed by atoms with Crippen LogP contribution in [0.4, 0.5) is 0 Å². The van der Waals surface area contributed by atoms with E-state index in [-0.39, 0.29) is 24.0 Å². The summed E-state index contributed by atoms with van der Waals surface area (Å²) in [4.78, 5) is 24.2. The lowest BCUT2D eigenvalue weighted by Gasteiger charge is -2.33. The highest BCUT2D eigenvalue weighted by atomic mass is 16.5. The average molecular weight is 371 g/mol. The topological polar surface area (TPSA) is 88.8 Å². The maximum atomic E-state index is 12.5. The molecule has 1 amide bonds. The standard InChI is InChI=1S/C21H25NO5/c1-20(2,3)15-6-4-14(5-7-15)16-8-9-17(27-16)18(23)22-21(19(24)25)10-12-26-13-11-21/h4-9H,10-13H2,1-3H3,(H,22,23)(H,24,25). The van der Waals surface area contributed by atoms with Gasteiger partial charge in [0.2, 0.25) is 0 Å². The molecule has 3 rings (SSSR count). The Kier molecular flexibility index (Phi) is 5.11. The van der Waals surface area contributed by atoms with Gasteiger partial charge in [0, 0.05) is 31.6 Å². The number of hydrogen-bond donors (Lipinski definition) is 2. The lowest BCUT2D eigenvalue weighted by Crippen LogP contribution is -2.57. The lowest BCUT2D eigenvalue weighted by molar-refractivity contribution is -0.148. The number of carbonyl (C=O) groups excluding carboxylic acids is 1. The highest BCUT2D eigenvalue weighted by Crippen LogP contribution is 2.28. The van der Waals surface area contributed by atoms with Crippen molar-refractivity contribution in [2.45, 2.75) is 44.6 Å². The quantitative estimate of drug-likeness (QED) is 0.857. The fourth-order valence-electron chi connectivity index (χ4n) is 3.14. The SMILES string of the molecule is CC(C)(C)c1ccc(-c2ccc(C(=O)NC3(C(=O)O)CCOCC3)o2)cc1. The number of furan rings is 1. The molecule has 2 heterocycles. The molecule has 0 aliphatic carbocycles. The molecule has 6 nitrogen and oxygen atoms in total. The van der Waals surface area contributed by atoms with Crippen LogP contribution in [-0.4, -0.2) is 35.7 Å². The summed E-state index contributed by atoms with van der Waals surface area (Å²) in [5.41, 5.74) is 0.817. The molecular formula is C21H25NO5. The second kappa shape index (κ2) is 7.19. The Morgan fingerprint density at radius 3 is 2.22 bits per heavy atom. The number of ether oxygens (including phenoxy) is 1. The van der Waals surface area contributed by atoms with Gasteiger partial charge in [-0.25, -0.2) is 4.79 Å². The summed E-state index contributed by atoms with van der Waals surface area (Å²) >= 11 is 0. The number of rotatable bonds is 4.